The van der Waals surface area contributed by atoms with Crippen molar-refractivity contribution in [3.8, 4) is 11.5 Å². The quantitative estimate of drug-likeness (QED) is 0.760. The molecule has 2 aromatic heterocycles. The van der Waals surface area contributed by atoms with Crippen LogP contribution in [0.5, 0.6) is 11.5 Å². The third-order valence-corrected chi connectivity index (χ3v) is 5.44. The van der Waals surface area contributed by atoms with Gasteiger partial charge in [0.2, 0.25) is 0 Å². The van der Waals surface area contributed by atoms with Crippen molar-refractivity contribution in [2.45, 2.75) is 12.5 Å². The summed E-state index contributed by atoms with van der Waals surface area (Å²) in [6, 6.07) is 10.2. The van der Waals surface area contributed by atoms with E-state index in [0.717, 1.165) is 42.3 Å². The summed E-state index contributed by atoms with van der Waals surface area (Å²) in [6.45, 7) is 2.40. The summed E-state index contributed by atoms with van der Waals surface area (Å²) >= 11 is 0. The molecule has 142 valence electrons. The van der Waals surface area contributed by atoms with Crippen molar-refractivity contribution in [2.75, 3.05) is 26.8 Å². The lowest BCUT2D eigenvalue weighted by molar-refractivity contribution is 0.217. The second-order valence-electron chi connectivity index (χ2n) is 7.16. The zero-order chi connectivity index (χ0) is 18.9. The standard InChI is InChI=1S/C22H22N4O2/c1-27-18-2-3-20-17(11-18)10-15(13-28-20)12-26-9-6-19-21(25-14-24-19)22(26)16-4-7-23-8-5-16/h2-5,7-8,10-11,14,22H,6,9,12-13H2,1H3,(H,24,25)/t22-/m0/s1. The van der Waals surface area contributed by atoms with E-state index in [1.165, 1.54) is 16.8 Å². The average molecular weight is 374 g/mol. The molecule has 2 aliphatic heterocycles. The van der Waals surface area contributed by atoms with E-state index in [-0.39, 0.29) is 6.04 Å². The number of aromatic nitrogens is 3. The van der Waals surface area contributed by atoms with Gasteiger partial charge in [-0.15, -0.1) is 0 Å². The molecule has 1 N–H and O–H groups in total. The predicted molar refractivity (Wildman–Crippen MR) is 106 cm³/mol. The molecule has 5 rings (SSSR count). The number of hydrogen-bond donors (Lipinski definition) is 1. The minimum Gasteiger partial charge on any atom is -0.497 e. The van der Waals surface area contributed by atoms with Gasteiger partial charge in [-0.05, 0) is 47.5 Å². The van der Waals surface area contributed by atoms with Gasteiger partial charge in [0.15, 0.2) is 0 Å². The number of fused-ring (bicyclic) bond motifs is 2. The highest BCUT2D eigenvalue weighted by atomic mass is 16.5. The van der Waals surface area contributed by atoms with Crippen molar-refractivity contribution in [3.63, 3.8) is 0 Å². The number of benzene rings is 1. The Morgan fingerprint density at radius 1 is 1.25 bits per heavy atom. The maximum Gasteiger partial charge on any atom is 0.127 e. The van der Waals surface area contributed by atoms with E-state index >= 15 is 0 Å². The molecule has 6 nitrogen and oxygen atoms in total. The molecular formula is C22H22N4O2. The lowest BCUT2D eigenvalue weighted by Crippen LogP contribution is -2.38. The Kier molecular flexibility index (Phi) is 4.33. The molecule has 1 atom stereocenters. The monoisotopic (exact) mass is 374 g/mol. The zero-order valence-electron chi connectivity index (χ0n) is 15.8. The number of pyridine rings is 1. The minimum atomic E-state index is 0.116. The number of H-pyrrole nitrogens is 1. The van der Waals surface area contributed by atoms with Gasteiger partial charge in [-0.2, -0.15) is 0 Å². The van der Waals surface area contributed by atoms with Crippen LogP contribution in [0.4, 0.5) is 0 Å². The molecule has 0 amide bonds. The number of nitrogens with one attached hydrogen (secondary N) is 1. The van der Waals surface area contributed by atoms with Crippen LogP contribution in [0.1, 0.15) is 28.6 Å². The Bertz CT molecular complexity index is 1010. The summed E-state index contributed by atoms with van der Waals surface area (Å²) in [5.41, 5.74) is 5.86. The van der Waals surface area contributed by atoms with E-state index < -0.39 is 0 Å². The first-order chi connectivity index (χ1) is 13.8. The molecular weight excluding hydrogens is 352 g/mol. The molecule has 0 saturated heterocycles. The van der Waals surface area contributed by atoms with Gasteiger partial charge in [-0.1, -0.05) is 0 Å². The van der Waals surface area contributed by atoms with Gasteiger partial charge in [0, 0.05) is 43.2 Å². The average Bonchev–Trinajstić information content (AvgIpc) is 3.22. The van der Waals surface area contributed by atoms with Crippen LogP contribution in [-0.4, -0.2) is 46.7 Å². The first kappa shape index (κ1) is 17.0. The Hall–Kier alpha value is -3.12. The van der Waals surface area contributed by atoms with Crippen LogP contribution in [0.3, 0.4) is 0 Å². The molecule has 0 spiro atoms. The first-order valence-corrected chi connectivity index (χ1v) is 9.48. The van der Waals surface area contributed by atoms with Crippen LogP contribution in [0.25, 0.3) is 6.08 Å². The summed E-state index contributed by atoms with van der Waals surface area (Å²) in [6.07, 6.45) is 8.69. The van der Waals surface area contributed by atoms with Gasteiger partial charge in [-0.3, -0.25) is 9.88 Å². The van der Waals surface area contributed by atoms with Crippen LogP contribution in [0, 0.1) is 0 Å². The summed E-state index contributed by atoms with van der Waals surface area (Å²) in [4.78, 5) is 14.6. The molecule has 0 saturated carbocycles. The van der Waals surface area contributed by atoms with E-state index in [1.807, 2.05) is 30.6 Å². The maximum atomic E-state index is 5.99. The summed E-state index contributed by atoms with van der Waals surface area (Å²) in [7, 11) is 1.69. The molecule has 6 heteroatoms. The number of hydrogen-bond acceptors (Lipinski definition) is 5. The SMILES string of the molecule is COc1ccc2c(c1)C=C(CN1CCc3[nH]cnc3[C@@H]1c1ccncc1)CO2. The summed E-state index contributed by atoms with van der Waals surface area (Å²) in [5.74, 6) is 1.75. The molecule has 4 heterocycles. The first-order valence-electron chi connectivity index (χ1n) is 9.48. The Labute approximate surface area is 163 Å². The molecule has 0 bridgehead atoms. The fraction of sp³-hybridized carbons (Fsp3) is 0.273. The number of rotatable bonds is 4. The molecule has 0 radical (unpaired) electrons. The van der Waals surface area contributed by atoms with E-state index in [0.29, 0.717) is 6.61 Å². The normalized spacial score (nSPS) is 18.6. The van der Waals surface area contributed by atoms with Crippen molar-refractivity contribution < 1.29 is 9.47 Å². The maximum absolute atomic E-state index is 5.99. The number of aromatic amines is 1. The van der Waals surface area contributed by atoms with Crippen LogP contribution < -0.4 is 9.47 Å². The zero-order valence-corrected chi connectivity index (χ0v) is 15.8. The molecule has 28 heavy (non-hydrogen) atoms. The Morgan fingerprint density at radius 2 is 2.14 bits per heavy atom. The molecule has 0 fully saturated rings. The fourth-order valence-electron chi connectivity index (χ4n) is 4.09. The minimum absolute atomic E-state index is 0.116. The van der Waals surface area contributed by atoms with Gasteiger partial charge in [0.05, 0.1) is 25.2 Å². The van der Waals surface area contributed by atoms with E-state index in [1.54, 1.807) is 13.4 Å². The second-order valence-corrected chi connectivity index (χ2v) is 7.16. The highest BCUT2D eigenvalue weighted by molar-refractivity contribution is 5.64. The van der Waals surface area contributed by atoms with Crippen molar-refractivity contribution in [1.29, 1.82) is 0 Å². The number of ether oxygens (including phenoxy) is 2. The lowest BCUT2D eigenvalue weighted by Gasteiger charge is -2.36. The van der Waals surface area contributed by atoms with Crippen molar-refractivity contribution in [1.82, 2.24) is 19.9 Å². The van der Waals surface area contributed by atoms with Crippen molar-refractivity contribution >= 4 is 6.08 Å². The third kappa shape index (κ3) is 3.05. The van der Waals surface area contributed by atoms with E-state index in [4.69, 9.17) is 9.47 Å². The molecule has 0 unspecified atom stereocenters. The van der Waals surface area contributed by atoms with Gasteiger partial charge in [0.1, 0.15) is 18.1 Å². The fourth-order valence-corrected chi connectivity index (χ4v) is 4.09. The smallest absolute Gasteiger partial charge is 0.127 e. The predicted octanol–water partition coefficient (Wildman–Crippen LogP) is 3.24. The van der Waals surface area contributed by atoms with Crippen molar-refractivity contribution in [2.24, 2.45) is 0 Å². The molecule has 3 aromatic rings. The van der Waals surface area contributed by atoms with E-state index in [2.05, 4.69) is 38.1 Å². The molecule has 0 aliphatic carbocycles. The lowest BCUT2D eigenvalue weighted by atomic mass is 9.95. The van der Waals surface area contributed by atoms with Crippen LogP contribution in [0.2, 0.25) is 0 Å². The highest BCUT2D eigenvalue weighted by Gasteiger charge is 2.31. The molecule has 1 aromatic carbocycles. The third-order valence-electron chi connectivity index (χ3n) is 5.44. The Balaban J connectivity index is 1.46. The highest BCUT2D eigenvalue weighted by Crippen LogP contribution is 2.35. The largest absolute Gasteiger partial charge is 0.497 e. The van der Waals surface area contributed by atoms with Crippen LogP contribution in [0.15, 0.2) is 54.6 Å². The summed E-state index contributed by atoms with van der Waals surface area (Å²) in [5, 5.41) is 0. The number of nitrogens with zero attached hydrogens (tertiary/aromatic N) is 3. The van der Waals surface area contributed by atoms with Gasteiger partial charge < -0.3 is 14.5 Å². The van der Waals surface area contributed by atoms with Crippen LogP contribution >= 0.6 is 0 Å². The van der Waals surface area contributed by atoms with Crippen LogP contribution in [-0.2, 0) is 6.42 Å². The van der Waals surface area contributed by atoms with Gasteiger partial charge >= 0.3 is 0 Å². The second kappa shape index (κ2) is 7.13. The topological polar surface area (TPSA) is 63.3 Å². The number of imidazole rings is 1. The number of methoxy groups -OCH3 is 1. The summed E-state index contributed by atoms with van der Waals surface area (Å²) < 4.78 is 11.3. The van der Waals surface area contributed by atoms with Gasteiger partial charge in [-0.25, -0.2) is 4.98 Å². The van der Waals surface area contributed by atoms with Crippen molar-refractivity contribution in [3.05, 3.63) is 77.1 Å². The van der Waals surface area contributed by atoms with Gasteiger partial charge in [0.25, 0.3) is 0 Å². The van der Waals surface area contributed by atoms with E-state index in [9.17, 15) is 0 Å². The molecule has 2 aliphatic rings. The Morgan fingerprint density at radius 3 is 3.00 bits per heavy atom.